The molecule has 0 aromatic carbocycles. The van der Waals surface area contributed by atoms with Gasteiger partial charge < -0.3 is 14.2 Å². The second-order valence-corrected chi connectivity index (χ2v) is 1.72. The zero-order valence-corrected chi connectivity index (χ0v) is 5.64. The maximum absolute atomic E-state index is 5.04. The monoisotopic (exact) mass is 130 g/mol. The fourth-order valence-corrected chi connectivity index (χ4v) is 0.777. The molecule has 3 nitrogen and oxygen atoms in total. The first-order chi connectivity index (χ1) is 4.38. The van der Waals surface area contributed by atoms with E-state index in [1.807, 2.05) is 0 Å². The van der Waals surface area contributed by atoms with E-state index in [9.17, 15) is 0 Å². The van der Waals surface area contributed by atoms with Gasteiger partial charge in [0.25, 0.3) is 0 Å². The minimum absolute atomic E-state index is 0.525. The van der Waals surface area contributed by atoms with E-state index in [0.717, 1.165) is 12.2 Å². The lowest BCUT2D eigenvalue weighted by atomic mass is 10.4. The summed E-state index contributed by atoms with van der Waals surface area (Å²) < 4.78 is 14.8. The van der Waals surface area contributed by atoms with Crippen LogP contribution < -0.4 is 0 Å². The Kier molecular flexibility index (Phi) is 1.82. The summed E-state index contributed by atoms with van der Waals surface area (Å²) in [4.78, 5) is 0. The normalized spacial score (nSPS) is 17.6. The van der Waals surface area contributed by atoms with E-state index >= 15 is 0 Å². The van der Waals surface area contributed by atoms with Gasteiger partial charge in [0.1, 0.15) is 0 Å². The lowest BCUT2D eigenvalue weighted by molar-refractivity contribution is 0.0751. The SMILES string of the molecule is COC1=C(OC)OCC1. The van der Waals surface area contributed by atoms with Crippen LogP contribution in [0.1, 0.15) is 6.42 Å². The maximum atomic E-state index is 5.04. The third-order valence-corrected chi connectivity index (χ3v) is 1.22. The van der Waals surface area contributed by atoms with Crippen LogP contribution in [-0.4, -0.2) is 20.8 Å². The molecule has 0 N–H and O–H groups in total. The van der Waals surface area contributed by atoms with Gasteiger partial charge in [0.2, 0.25) is 0 Å². The molecule has 1 aliphatic heterocycles. The van der Waals surface area contributed by atoms with Gasteiger partial charge in [-0.05, 0) is 0 Å². The van der Waals surface area contributed by atoms with Gasteiger partial charge in [-0.15, -0.1) is 0 Å². The molecular formula is C6H10O3. The molecule has 0 aromatic rings. The maximum Gasteiger partial charge on any atom is 0.318 e. The van der Waals surface area contributed by atoms with Gasteiger partial charge in [0.15, 0.2) is 5.76 Å². The van der Waals surface area contributed by atoms with E-state index < -0.39 is 0 Å². The predicted octanol–water partition coefficient (Wildman–Crippen LogP) is 0.869. The first-order valence-electron chi connectivity index (χ1n) is 2.82. The van der Waals surface area contributed by atoms with Crippen LogP contribution in [0.4, 0.5) is 0 Å². The highest BCUT2D eigenvalue weighted by Gasteiger charge is 2.16. The molecule has 1 aliphatic rings. The highest BCUT2D eigenvalue weighted by molar-refractivity contribution is 4.99. The van der Waals surface area contributed by atoms with Crippen molar-refractivity contribution in [1.29, 1.82) is 0 Å². The molecule has 0 atom stereocenters. The van der Waals surface area contributed by atoms with Gasteiger partial charge in [-0.2, -0.15) is 0 Å². The van der Waals surface area contributed by atoms with Crippen molar-refractivity contribution in [1.82, 2.24) is 0 Å². The van der Waals surface area contributed by atoms with Crippen molar-refractivity contribution in [3.63, 3.8) is 0 Å². The molecule has 52 valence electrons. The summed E-state index contributed by atoms with van der Waals surface area (Å²) in [6, 6.07) is 0. The minimum atomic E-state index is 0.525. The Hall–Kier alpha value is -0.860. The highest BCUT2D eigenvalue weighted by Crippen LogP contribution is 2.18. The van der Waals surface area contributed by atoms with E-state index in [1.165, 1.54) is 0 Å². The third-order valence-electron chi connectivity index (χ3n) is 1.22. The summed E-state index contributed by atoms with van der Waals surface area (Å²) in [7, 11) is 3.18. The van der Waals surface area contributed by atoms with Gasteiger partial charge in [0, 0.05) is 6.42 Å². The molecule has 0 aromatic heterocycles. The Bertz CT molecular complexity index is 114. The van der Waals surface area contributed by atoms with Crippen LogP contribution in [-0.2, 0) is 14.2 Å². The molecule has 0 saturated carbocycles. The molecule has 0 spiro atoms. The molecule has 0 saturated heterocycles. The summed E-state index contributed by atoms with van der Waals surface area (Å²) in [6.07, 6.45) is 0.819. The number of rotatable bonds is 2. The van der Waals surface area contributed by atoms with Crippen LogP contribution in [0, 0.1) is 0 Å². The van der Waals surface area contributed by atoms with Gasteiger partial charge in [-0.3, -0.25) is 0 Å². The first kappa shape index (κ1) is 6.26. The lowest BCUT2D eigenvalue weighted by Gasteiger charge is -2.00. The second kappa shape index (κ2) is 2.62. The average Bonchev–Trinajstić information content (AvgIpc) is 2.33. The Morgan fingerprint density at radius 1 is 1.33 bits per heavy atom. The fraction of sp³-hybridized carbons (Fsp3) is 0.667. The molecule has 0 fully saturated rings. The smallest absolute Gasteiger partial charge is 0.318 e. The highest BCUT2D eigenvalue weighted by atomic mass is 16.7. The summed E-state index contributed by atoms with van der Waals surface area (Å²) in [5, 5.41) is 0. The quantitative estimate of drug-likeness (QED) is 0.555. The average molecular weight is 130 g/mol. The van der Waals surface area contributed by atoms with Crippen molar-refractivity contribution in [2.24, 2.45) is 0 Å². The largest absolute Gasteiger partial charge is 0.494 e. The fourth-order valence-electron chi connectivity index (χ4n) is 0.777. The molecular weight excluding hydrogens is 120 g/mol. The van der Waals surface area contributed by atoms with Crippen molar-refractivity contribution in [2.75, 3.05) is 20.8 Å². The first-order valence-corrected chi connectivity index (χ1v) is 2.82. The molecule has 9 heavy (non-hydrogen) atoms. The zero-order valence-electron chi connectivity index (χ0n) is 5.64. The van der Waals surface area contributed by atoms with Crippen LogP contribution >= 0.6 is 0 Å². The predicted molar refractivity (Wildman–Crippen MR) is 31.6 cm³/mol. The molecule has 3 heteroatoms. The second-order valence-electron chi connectivity index (χ2n) is 1.72. The van der Waals surface area contributed by atoms with E-state index in [4.69, 9.17) is 14.2 Å². The van der Waals surface area contributed by atoms with E-state index in [2.05, 4.69) is 0 Å². The van der Waals surface area contributed by atoms with Crippen molar-refractivity contribution in [2.45, 2.75) is 6.42 Å². The van der Waals surface area contributed by atoms with Crippen molar-refractivity contribution in [3.05, 3.63) is 11.7 Å². The van der Waals surface area contributed by atoms with Crippen molar-refractivity contribution in [3.8, 4) is 0 Å². The molecule has 0 aliphatic carbocycles. The Balaban J connectivity index is 2.59. The molecule has 0 unspecified atom stereocenters. The van der Waals surface area contributed by atoms with Crippen LogP contribution in [0.5, 0.6) is 0 Å². The Morgan fingerprint density at radius 2 is 2.11 bits per heavy atom. The van der Waals surface area contributed by atoms with E-state index in [1.54, 1.807) is 14.2 Å². The number of ether oxygens (including phenoxy) is 3. The minimum Gasteiger partial charge on any atom is -0.494 e. The van der Waals surface area contributed by atoms with Gasteiger partial charge in [0.05, 0.1) is 20.8 Å². The lowest BCUT2D eigenvalue weighted by Crippen LogP contribution is -1.89. The third kappa shape index (κ3) is 1.09. The van der Waals surface area contributed by atoms with E-state index in [0.29, 0.717) is 12.6 Å². The van der Waals surface area contributed by atoms with Crippen molar-refractivity contribution >= 4 is 0 Å². The Labute approximate surface area is 54.2 Å². The molecule has 0 radical (unpaired) electrons. The molecule has 0 amide bonds. The Morgan fingerprint density at radius 3 is 2.56 bits per heavy atom. The summed E-state index contributed by atoms with van der Waals surface area (Å²) >= 11 is 0. The molecule has 1 heterocycles. The summed E-state index contributed by atoms with van der Waals surface area (Å²) in [5.41, 5.74) is 0. The zero-order chi connectivity index (χ0) is 6.69. The van der Waals surface area contributed by atoms with Crippen molar-refractivity contribution < 1.29 is 14.2 Å². The number of hydrogen-bond donors (Lipinski definition) is 0. The van der Waals surface area contributed by atoms with Crippen LogP contribution in [0.25, 0.3) is 0 Å². The topological polar surface area (TPSA) is 27.7 Å². The summed E-state index contributed by atoms with van der Waals surface area (Å²) in [5.74, 6) is 1.33. The van der Waals surface area contributed by atoms with E-state index in [-0.39, 0.29) is 0 Å². The number of hydrogen-bond acceptors (Lipinski definition) is 3. The van der Waals surface area contributed by atoms with Crippen LogP contribution in [0.3, 0.4) is 0 Å². The van der Waals surface area contributed by atoms with Gasteiger partial charge in [-0.1, -0.05) is 0 Å². The summed E-state index contributed by atoms with van der Waals surface area (Å²) in [6.45, 7) is 0.673. The van der Waals surface area contributed by atoms with Crippen LogP contribution in [0.2, 0.25) is 0 Å². The van der Waals surface area contributed by atoms with Crippen LogP contribution in [0.15, 0.2) is 11.7 Å². The number of methoxy groups -OCH3 is 2. The van der Waals surface area contributed by atoms with Gasteiger partial charge in [-0.25, -0.2) is 0 Å². The van der Waals surface area contributed by atoms with Gasteiger partial charge >= 0.3 is 5.95 Å². The molecule has 1 rings (SSSR count). The standard InChI is InChI=1S/C6H10O3/c1-7-5-3-4-9-6(5)8-2/h3-4H2,1-2H3. The molecule has 0 bridgehead atoms.